The summed E-state index contributed by atoms with van der Waals surface area (Å²) in [5, 5.41) is 14.2. The molecule has 0 aliphatic rings. The van der Waals surface area contributed by atoms with Crippen molar-refractivity contribution in [1.82, 2.24) is 0 Å². The van der Waals surface area contributed by atoms with Gasteiger partial charge in [-0.3, -0.25) is 0 Å². The molecule has 2 aromatic rings. The van der Waals surface area contributed by atoms with E-state index in [1.165, 1.54) is 0 Å². The van der Waals surface area contributed by atoms with E-state index in [1.807, 2.05) is 54.6 Å². The lowest BCUT2D eigenvalue weighted by molar-refractivity contribution is 0.172. The molecule has 3 heteroatoms. The summed E-state index contributed by atoms with van der Waals surface area (Å²) in [4.78, 5) is 0. The molecule has 0 amide bonds. The van der Waals surface area contributed by atoms with E-state index in [9.17, 15) is 5.11 Å². The number of aliphatic hydroxyl groups excluding tert-OH is 1. The molecule has 0 aliphatic heterocycles. The fourth-order valence-corrected chi connectivity index (χ4v) is 2.61. The van der Waals surface area contributed by atoms with E-state index in [4.69, 9.17) is 11.6 Å². The van der Waals surface area contributed by atoms with Crippen molar-refractivity contribution in [3.63, 3.8) is 0 Å². The molecule has 0 radical (unpaired) electrons. The van der Waals surface area contributed by atoms with Crippen LogP contribution in [0.2, 0.25) is 5.02 Å². The minimum absolute atomic E-state index is 0.0151. The Morgan fingerprint density at radius 1 is 1.10 bits per heavy atom. The van der Waals surface area contributed by atoms with Gasteiger partial charge in [0.1, 0.15) is 0 Å². The van der Waals surface area contributed by atoms with Gasteiger partial charge in [-0.1, -0.05) is 61.8 Å². The van der Waals surface area contributed by atoms with E-state index < -0.39 is 5.54 Å². The molecule has 0 bridgehead atoms. The van der Waals surface area contributed by atoms with Crippen molar-refractivity contribution >= 4 is 17.3 Å². The second-order valence-electron chi connectivity index (χ2n) is 5.29. The lowest BCUT2D eigenvalue weighted by Crippen LogP contribution is -2.44. The number of benzene rings is 2. The molecule has 1 unspecified atom stereocenters. The van der Waals surface area contributed by atoms with Crippen molar-refractivity contribution in [3.8, 4) is 0 Å². The third kappa shape index (κ3) is 2.97. The zero-order valence-corrected chi connectivity index (χ0v) is 12.6. The summed E-state index contributed by atoms with van der Waals surface area (Å²) in [6, 6.07) is 17.6. The van der Waals surface area contributed by atoms with Crippen LogP contribution < -0.4 is 5.32 Å². The van der Waals surface area contributed by atoms with Gasteiger partial charge in [0.05, 0.1) is 12.1 Å². The van der Waals surface area contributed by atoms with Crippen molar-refractivity contribution in [1.29, 1.82) is 0 Å². The van der Waals surface area contributed by atoms with Gasteiger partial charge in [0.15, 0.2) is 0 Å². The Bertz CT molecular complexity index is 556. The quantitative estimate of drug-likeness (QED) is 0.860. The zero-order valence-electron chi connectivity index (χ0n) is 11.8. The van der Waals surface area contributed by atoms with Gasteiger partial charge in [-0.25, -0.2) is 0 Å². The van der Waals surface area contributed by atoms with E-state index in [-0.39, 0.29) is 12.5 Å². The highest BCUT2D eigenvalue weighted by Gasteiger charge is 2.35. The van der Waals surface area contributed by atoms with Gasteiger partial charge in [0, 0.05) is 10.7 Å². The van der Waals surface area contributed by atoms with Crippen LogP contribution in [0.5, 0.6) is 0 Å². The third-order valence-corrected chi connectivity index (χ3v) is 3.95. The Balaban J connectivity index is 2.43. The Morgan fingerprint density at radius 2 is 1.80 bits per heavy atom. The highest BCUT2D eigenvalue weighted by atomic mass is 35.5. The highest BCUT2D eigenvalue weighted by molar-refractivity contribution is 6.30. The first kappa shape index (κ1) is 14.9. The number of hydrogen-bond donors (Lipinski definition) is 2. The maximum Gasteiger partial charge on any atom is 0.0879 e. The van der Waals surface area contributed by atoms with E-state index >= 15 is 0 Å². The first-order chi connectivity index (χ1) is 9.58. The maximum atomic E-state index is 10.0. The van der Waals surface area contributed by atoms with Crippen LogP contribution in [-0.2, 0) is 5.54 Å². The number of halogens is 1. The molecular formula is C17H20ClNO. The topological polar surface area (TPSA) is 32.3 Å². The van der Waals surface area contributed by atoms with Crippen LogP contribution in [-0.4, -0.2) is 11.7 Å². The zero-order chi connectivity index (χ0) is 14.6. The van der Waals surface area contributed by atoms with Gasteiger partial charge in [0.2, 0.25) is 0 Å². The summed E-state index contributed by atoms with van der Waals surface area (Å²) in [5.74, 6) is 0.217. The number of nitrogens with one attached hydrogen (secondary N) is 1. The number of rotatable bonds is 5. The van der Waals surface area contributed by atoms with Gasteiger partial charge < -0.3 is 10.4 Å². The predicted molar refractivity (Wildman–Crippen MR) is 85.1 cm³/mol. The Morgan fingerprint density at radius 3 is 2.35 bits per heavy atom. The van der Waals surface area contributed by atoms with Crippen molar-refractivity contribution < 1.29 is 5.11 Å². The van der Waals surface area contributed by atoms with Crippen LogP contribution in [0, 0.1) is 5.92 Å². The molecule has 0 saturated carbocycles. The maximum absolute atomic E-state index is 10.0. The Hall–Kier alpha value is -1.51. The largest absolute Gasteiger partial charge is 0.394 e. The fraction of sp³-hybridized carbons (Fsp3) is 0.294. The van der Waals surface area contributed by atoms with Crippen LogP contribution in [0.1, 0.15) is 19.4 Å². The van der Waals surface area contributed by atoms with Gasteiger partial charge in [-0.2, -0.15) is 0 Å². The molecular weight excluding hydrogens is 270 g/mol. The summed E-state index contributed by atoms with van der Waals surface area (Å²) >= 11 is 6.04. The molecule has 2 nitrogen and oxygen atoms in total. The molecule has 2 aromatic carbocycles. The van der Waals surface area contributed by atoms with Crippen molar-refractivity contribution in [2.75, 3.05) is 11.9 Å². The SMILES string of the molecule is CC(C)C(CO)(Nc1cccc(Cl)c1)c1ccccc1. The van der Waals surface area contributed by atoms with Gasteiger partial charge >= 0.3 is 0 Å². The van der Waals surface area contributed by atoms with Crippen molar-refractivity contribution in [2.24, 2.45) is 5.92 Å². The Kier molecular flexibility index (Phi) is 4.69. The summed E-state index contributed by atoms with van der Waals surface area (Å²) in [6.45, 7) is 4.21. The molecule has 0 aliphatic carbocycles. The lowest BCUT2D eigenvalue weighted by Gasteiger charge is -2.38. The monoisotopic (exact) mass is 289 g/mol. The minimum Gasteiger partial charge on any atom is -0.394 e. The standard InChI is InChI=1S/C17H20ClNO/c1-13(2)17(12-20,14-7-4-3-5-8-14)19-16-10-6-9-15(18)11-16/h3-11,13,19-20H,12H2,1-2H3. The smallest absolute Gasteiger partial charge is 0.0879 e. The molecule has 0 spiro atoms. The van der Waals surface area contributed by atoms with E-state index in [1.54, 1.807) is 0 Å². The summed E-state index contributed by atoms with van der Waals surface area (Å²) in [7, 11) is 0. The van der Waals surface area contributed by atoms with Gasteiger partial charge in [-0.15, -0.1) is 0 Å². The average molecular weight is 290 g/mol. The van der Waals surface area contributed by atoms with Crippen LogP contribution in [0.25, 0.3) is 0 Å². The molecule has 2 N–H and O–H groups in total. The number of hydrogen-bond acceptors (Lipinski definition) is 2. The van der Waals surface area contributed by atoms with E-state index in [0.717, 1.165) is 11.3 Å². The molecule has 1 atom stereocenters. The van der Waals surface area contributed by atoms with Crippen molar-refractivity contribution in [3.05, 3.63) is 65.2 Å². The molecule has 0 fully saturated rings. The molecule has 0 aromatic heterocycles. The second-order valence-corrected chi connectivity index (χ2v) is 5.72. The van der Waals surface area contributed by atoms with E-state index in [0.29, 0.717) is 5.02 Å². The summed E-state index contributed by atoms with van der Waals surface area (Å²) in [6.07, 6.45) is 0. The normalized spacial score (nSPS) is 14.1. The number of anilines is 1. The van der Waals surface area contributed by atoms with Gasteiger partial charge in [-0.05, 0) is 29.7 Å². The highest BCUT2D eigenvalue weighted by Crippen LogP contribution is 2.33. The van der Waals surface area contributed by atoms with Crippen molar-refractivity contribution in [2.45, 2.75) is 19.4 Å². The fourth-order valence-electron chi connectivity index (χ4n) is 2.42. The van der Waals surface area contributed by atoms with Crippen LogP contribution in [0.3, 0.4) is 0 Å². The second kappa shape index (κ2) is 6.29. The van der Waals surface area contributed by atoms with Crippen LogP contribution in [0.15, 0.2) is 54.6 Å². The minimum atomic E-state index is -0.522. The summed E-state index contributed by atoms with van der Waals surface area (Å²) < 4.78 is 0. The summed E-state index contributed by atoms with van der Waals surface area (Å²) in [5.41, 5.74) is 1.45. The first-order valence-corrected chi connectivity index (χ1v) is 7.16. The molecule has 2 rings (SSSR count). The lowest BCUT2D eigenvalue weighted by atomic mass is 9.80. The number of aliphatic hydroxyl groups is 1. The van der Waals surface area contributed by atoms with Crippen LogP contribution >= 0.6 is 11.6 Å². The molecule has 0 saturated heterocycles. The molecule has 106 valence electrons. The predicted octanol–water partition coefficient (Wildman–Crippen LogP) is 4.30. The first-order valence-electron chi connectivity index (χ1n) is 6.78. The average Bonchev–Trinajstić information content (AvgIpc) is 2.45. The molecule has 20 heavy (non-hydrogen) atoms. The van der Waals surface area contributed by atoms with E-state index in [2.05, 4.69) is 19.2 Å². The van der Waals surface area contributed by atoms with Gasteiger partial charge in [0.25, 0.3) is 0 Å². The molecule has 0 heterocycles. The van der Waals surface area contributed by atoms with Crippen LogP contribution in [0.4, 0.5) is 5.69 Å². The Labute approximate surface area is 125 Å². The third-order valence-electron chi connectivity index (χ3n) is 3.72.